The summed E-state index contributed by atoms with van der Waals surface area (Å²) in [7, 11) is 3.19. The lowest BCUT2D eigenvalue weighted by Crippen LogP contribution is -2.38. The van der Waals surface area contributed by atoms with Crippen LogP contribution >= 0.6 is 0 Å². The number of methoxy groups -OCH3 is 2. The molecule has 0 aliphatic rings. The molecular weight excluding hydrogens is 204 g/mol. The highest BCUT2D eigenvalue weighted by Crippen LogP contribution is 2.21. The Balaban J connectivity index is 2.98. The predicted octanol–water partition coefficient (Wildman–Crippen LogP) is 1.43. The van der Waals surface area contributed by atoms with Gasteiger partial charge in [-0.1, -0.05) is 18.2 Å². The summed E-state index contributed by atoms with van der Waals surface area (Å²) in [5.74, 6) is 5.53. The number of nitrogens with one attached hydrogen (secondary N) is 1. The molecule has 0 saturated carbocycles. The number of rotatable bonds is 5. The molecule has 16 heavy (non-hydrogen) atoms. The van der Waals surface area contributed by atoms with Crippen LogP contribution in [0.1, 0.15) is 22.7 Å². The second-order valence-corrected chi connectivity index (χ2v) is 3.83. The predicted molar refractivity (Wildman–Crippen MR) is 63.8 cm³/mol. The van der Waals surface area contributed by atoms with Crippen molar-refractivity contribution in [2.75, 3.05) is 14.2 Å². The first kappa shape index (κ1) is 13.1. The van der Waals surface area contributed by atoms with Gasteiger partial charge in [-0.25, -0.2) is 5.43 Å². The molecule has 0 fully saturated rings. The number of ether oxygens (including phenoxy) is 2. The van der Waals surface area contributed by atoms with Gasteiger partial charge in [-0.15, -0.1) is 0 Å². The third-order valence-corrected chi connectivity index (χ3v) is 2.81. The third kappa shape index (κ3) is 2.80. The van der Waals surface area contributed by atoms with Crippen molar-refractivity contribution in [3.8, 4) is 0 Å². The van der Waals surface area contributed by atoms with E-state index < -0.39 is 6.29 Å². The molecule has 0 aromatic heterocycles. The smallest absolute Gasteiger partial charge is 0.177 e. The average Bonchev–Trinajstić information content (AvgIpc) is 2.29. The SMILES string of the molecule is COC(OC)C(NN)c1ccc(C)c(C)c1. The molecule has 1 aromatic rings. The van der Waals surface area contributed by atoms with Crippen molar-refractivity contribution in [1.29, 1.82) is 0 Å². The van der Waals surface area contributed by atoms with Crippen molar-refractivity contribution < 1.29 is 9.47 Å². The van der Waals surface area contributed by atoms with Gasteiger partial charge in [0, 0.05) is 14.2 Å². The number of hydrogen-bond acceptors (Lipinski definition) is 4. The quantitative estimate of drug-likeness (QED) is 0.451. The second-order valence-electron chi connectivity index (χ2n) is 3.83. The van der Waals surface area contributed by atoms with Crippen LogP contribution in [0.4, 0.5) is 0 Å². The van der Waals surface area contributed by atoms with Gasteiger partial charge in [0.25, 0.3) is 0 Å². The van der Waals surface area contributed by atoms with Crippen molar-refractivity contribution in [2.24, 2.45) is 5.84 Å². The minimum absolute atomic E-state index is 0.172. The van der Waals surface area contributed by atoms with E-state index in [9.17, 15) is 0 Å². The summed E-state index contributed by atoms with van der Waals surface area (Å²) in [6.07, 6.45) is -0.396. The van der Waals surface area contributed by atoms with Gasteiger partial charge < -0.3 is 9.47 Å². The Morgan fingerprint density at radius 3 is 2.19 bits per heavy atom. The molecule has 0 aliphatic heterocycles. The lowest BCUT2D eigenvalue weighted by atomic mass is 10.0. The zero-order valence-electron chi connectivity index (χ0n) is 10.3. The topological polar surface area (TPSA) is 56.5 Å². The van der Waals surface area contributed by atoms with Gasteiger partial charge in [0.15, 0.2) is 6.29 Å². The van der Waals surface area contributed by atoms with Crippen LogP contribution in [0, 0.1) is 13.8 Å². The molecule has 0 saturated heterocycles. The van der Waals surface area contributed by atoms with Gasteiger partial charge in [0.05, 0.1) is 6.04 Å². The summed E-state index contributed by atoms with van der Waals surface area (Å²) in [5.41, 5.74) is 6.25. The molecule has 1 aromatic carbocycles. The van der Waals surface area contributed by atoms with E-state index in [1.165, 1.54) is 11.1 Å². The number of benzene rings is 1. The van der Waals surface area contributed by atoms with E-state index in [1.807, 2.05) is 6.07 Å². The summed E-state index contributed by atoms with van der Waals surface area (Å²) in [6.45, 7) is 4.15. The third-order valence-electron chi connectivity index (χ3n) is 2.81. The summed E-state index contributed by atoms with van der Waals surface area (Å²) in [5, 5.41) is 0. The van der Waals surface area contributed by atoms with Crippen LogP contribution in [-0.2, 0) is 9.47 Å². The Labute approximate surface area is 96.7 Å². The van der Waals surface area contributed by atoms with Crippen molar-refractivity contribution >= 4 is 0 Å². The molecular formula is C12H20N2O2. The molecule has 0 radical (unpaired) electrons. The monoisotopic (exact) mass is 224 g/mol. The Kier molecular flexibility index (Phi) is 4.89. The fourth-order valence-corrected chi connectivity index (χ4v) is 1.66. The summed E-state index contributed by atoms with van der Waals surface area (Å²) in [4.78, 5) is 0. The van der Waals surface area contributed by atoms with Crippen molar-refractivity contribution in [1.82, 2.24) is 5.43 Å². The molecule has 1 atom stereocenters. The van der Waals surface area contributed by atoms with Crippen LogP contribution in [0.3, 0.4) is 0 Å². The Bertz CT molecular complexity index is 338. The van der Waals surface area contributed by atoms with E-state index in [0.29, 0.717) is 0 Å². The van der Waals surface area contributed by atoms with Crippen molar-refractivity contribution in [3.05, 3.63) is 34.9 Å². The first-order chi connectivity index (χ1) is 7.63. The van der Waals surface area contributed by atoms with E-state index in [4.69, 9.17) is 15.3 Å². The Morgan fingerprint density at radius 2 is 1.75 bits per heavy atom. The number of aryl methyl sites for hydroxylation is 2. The highest BCUT2D eigenvalue weighted by Gasteiger charge is 2.21. The molecule has 1 rings (SSSR count). The molecule has 0 spiro atoms. The van der Waals surface area contributed by atoms with E-state index in [2.05, 4.69) is 31.4 Å². The van der Waals surface area contributed by atoms with Crippen LogP contribution in [0.15, 0.2) is 18.2 Å². The Hall–Kier alpha value is -0.940. The van der Waals surface area contributed by atoms with E-state index in [-0.39, 0.29) is 6.04 Å². The highest BCUT2D eigenvalue weighted by molar-refractivity contribution is 5.31. The maximum Gasteiger partial charge on any atom is 0.177 e. The summed E-state index contributed by atoms with van der Waals surface area (Å²) >= 11 is 0. The number of nitrogens with two attached hydrogens (primary N) is 1. The summed E-state index contributed by atoms with van der Waals surface area (Å²) < 4.78 is 10.4. The molecule has 1 unspecified atom stereocenters. The molecule has 0 amide bonds. The number of hydrogen-bond donors (Lipinski definition) is 2. The number of hydrazine groups is 1. The molecule has 4 nitrogen and oxygen atoms in total. The van der Waals surface area contributed by atoms with Gasteiger partial charge in [-0.2, -0.15) is 0 Å². The van der Waals surface area contributed by atoms with Crippen LogP contribution in [0.5, 0.6) is 0 Å². The fourth-order valence-electron chi connectivity index (χ4n) is 1.66. The molecule has 0 bridgehead atoms. The van der Waals surface area contributed by atoms with Gasteiger partial charge in [0.1, 0.15) is 0 Å². The maximum absolute atomic E-state index is 5.53. The van der Waals surface area contributed by atoms with Crippen molar-refractivity contribution in [3.63, 3.8) is 0 Å². The second kappa shape index (κ2) is 5.96. The molecule has 4 heteroatoms. The standard InChI is InChI=1S/C12H20N2O2/c1-8-5-6-10(7-9(8)2)11(14-13)12(15-3)16-4/h5-7,11-12,14H,13H2,1-4H3. The molecule has 0 heterocycles. The van der Waals surface area contributed by atoms with Gasteiger partial charge in [-0.05, 0) is 30.5 Å². The van der Waals surface area contributed by atoms with E-state index >= 15 is 0 Å². The minimum atomic E-state index is -0.396. The molecule has 3 N–H and O–H groups in total. The first-order valence-electron chi connectivity index (χ1n) is 5.23. The van der Waals surface area contributed by atoms with Gasteiger partial charge in [0.2, 0.25) is 0 Å². The van der Waals surface area contributed by atoms with Crippen molar-refractivity contribution in [2.45, 2.75) is 26.2 Å². The van der Waals surface area contributed by atoms with Crippen LogP contribution in [-0.4, -0.2) is 20.5 Å². The van der Waals surface area contributed by atoms with Crippen LogP contribution in [0.25, 0.3) is 0 Å². The average molecular weight is 224 g/mol. The first-order valence-corrected chi connectivity index (χ1v) is 5.23. The lowest BCUT2D eigenvalue weighted by Gasteiger charge is -2.24. The zero-order chi connectivity index (χ0) is 12.1. The maximum atomic E-state index is 5.53. The van der Waals surface area contributed by atoms with Crippen LogP contribution < -0.4 is 11.3 Å². The van der Waals surface area contributed by atoms with E-state index in [0.717, 1.165) is 5.56 Å². The highest BCUT2D eigenvalue weighted by atomic mass is 16.7. The van der Waals surface area contributed by atoms with Crippen LogP contribution in [0.2, 0.25) is 0 Å². The molecule has 0 aliphatic carbocycles. The molecule has 90 valence electrons. The Morgan fingerprint density at radius 1 is 1.12 bits per heavy atom. The minimum Gasteiger partial charge on any atom is -0.354 e. The lowest BCUT2D eigenvalue weighted by molar-refractivity contribution is -0.124. The summed E-state index contributed by atoms with van der Waals surface area (Å²) in [6, 6.07) is 6.01. The normalized spacial score (nSPS) is 13.1. The van der Waals surface area contributed by atoms with Gasteiger partial charge in [-0.3, -0.25) is 5.84 Å². The largest absolute Gasteiger partial charge is 0.354 e. The van der Waals surface area contributed by atoms with Gasteiger partial charge >= 0.3 is 0 Å². The van der Waals surface area contributed by atoms with E-state index in [1.54, 1.807) is 14.2 Å². The zero-order valence-corrected chi connectivity index (χ0v) is 10.3. The fraction of sp³-hybridized carbons (Fsp3) is 0.500.